The van der Waals surface area contributed by atoms with Crippen molar-refractivity contribution in [3.05, 3.63) is 60.1 Å². The zero-order chi connectivity index (χ0) is 24.3. The molecule has 2 saturated heterocycles. The highest BCUT2D eigenvalue weighted by atomic mass is 19.1. The number of rotatable bonds is 5. The van der Waals surface area contributed by atoms with Crippen LogP contribution in [0.5, 0.6) is 0 Å². The fraction of sp³-hybridized carbons (Fsp3) is 0.346. The molecule has 2 aliphatic heterocycles. The Morgan fingerprint density at radius 2 is 1.74 bits per heavy atom. The number of nitrogens with one attached hydrogen (secondary N) is 1. The molecule has 0 unspecified atom stereocenters. The van der Waals surface area contributed by atoms with Gasteiger partial charge in [-0.1, -0.05) is 0 Å². The van der Waals surface area contributed by atoms with E-state index >= 15 is 8.78 Å². The van der Waals surface area contributed by atoms with Crippen LogP contribution in [0.15, 0.2) is 42.6 Å². The maximum Gasteiger partial charge on any atom is 0.165 e. The van der Waals surface area contributed by atoms with Crippen LogP contribution in [-0.4, -0.2) is 64.2 Å². The lowest BCUT2D eigenvalue weighted by Gasteiger charge is -2.60. The summed E-state index contributed by atoms with van der Waals surface area (Å²) in [5.41, 5.74) is 3.44. The maximum absolute atomic E-state index is 15.3. The molecular weight excluding hydrogens is 448 g/mol. The van der Waals surface area contributed by atoms with Crippen LogP contribution >= 0.6 is 0 Å². The van der Waals surface area contributed by atoms with Crippen molar-refractivity contribution in [2.75, 3.05) is 50.0 Å². The number of nitrogens with zero attached hydrogens (tertiary/aromatic N) is 6. The summed E-state index contributed by atoms with van der Waals surface area (Å²) in [6.45, 7) is 7.91. The predicted molar refractivity (Wildman–Crippen MR) is 133 cm³/mol. The van der Waals surface area contributed by atoms with Gasteiger partial charge in [0.1, 0.15) is 22.8 Å². The first-order valence-corrected chi connectivity index (χ1v) is 11.9. The second-order valence-electron chi connectivity index (χ2n) is 9.78. The van der Waals surface area contributed by atoms with Crippen LogP contribution in [0.3, 0.4) is 0 Å². The Balaban J connectivity index is 1.37. The molecule has 0 bridgehead atoms. The van der Waals surface area contributed by atoms with Gasteiger partial charge >= 0.3 is 0 Å². The van der Waals surface area contributed by atoms with Gasteiger partial charge in [-0.05, 0) is 45.2 Å². The molecule has 5 heterocycles. The lowest BCUT2D eigenvalue weighted by molar-refractivity contribution is -0.00303. The summed E-state index contributed by atoms with van der Waals surface area (Å²) in [5.74, 6) is 0.242. The molecule has 4 aromatic rings. The first-order valence-electron chi connectivity index (χ1n) is 11.9. The average molecular weight is 476 g/mol. The summed E-state index contributed by atoms with van der Waals surface area (Å²) < 4.78 is 32.2. The van der Waals surface area contributed by atoms with E-state index < -0.39 is 11.6 Å². The van der Waals surface area contributed by atoms with Crippen LogP contribution in [0, 0.1) is 24.0 Å². The number of pyridine rings is 2. The highest BCUT2D eigenvalue weighted by molar-refractivity contribution is 5.78. The number of imidazole rings is 1. The van der Waals surface area contributed by atoms with Crippen molar-refractivity contribution in [3.8, 4) is 16.9 Å². The van der Waals surface area contributed by atoms with Gasteiger partial charge < -0.3 is 15.1 Å². The van der Waals surface area contributed by atoms with E-state index in [-0.39, 0.29) is 11.1 Å². The van der Waals surface area contributed by atoms with E-state index in [1.54, 1.807) is 10.8 Å². The molecule has 7 nitrogen and oxygen atoms in total. The minimum atomic E-state index is -0.565. The molecule has 1 N–H and O–H groups in total. The van der Waals surface area contributed by atoms with Crippen molar-refractivity contribution in [3.63, 3.8) is 0 Å². The molecular formula is C26H27F2N7. The van der Waals surface area contributed by atoms with E-state index in [1.807, 2.05) is 43.0 Å². The molecule has 3 aromatic heterocycles. The first-order chi connectivity index (χ1) is 16.9. The van der Waals surface area contributed by atoms with E-state index in [2.05, 4.69) is 27.2 Å². The number of fused-ring (bicyclic) bond motifs is 1. The minimum Gasteiger partial charge on any atom is -0.370 e. The number of aromatic nitrogens is 4. The number of hydrogen-bond donors (Lipinski definition) is 1. The lowest BCUT2D eigenvalue weighted by atomic mass is 9.73. The van der Waals surface area contributed by atoms with Crippen LogP contribution in [0.25, 0.3) is 28.1 Å². The highest BCUT2D eigenvalue weighted by Gasteiger charge is 2.51. The Morgan fingerprint density at radius 1 is 1.00 bits per heavy atom. The molecule has 35 heavy (non-hydrogen) atoms. The predicted octanol–water partition coefficient (Wildman–Crippen LogP) is 4.25. The summed E-state index contributed by atoms with van der Waals surface area (Å²) in [6.07, 6.45) is 1.73. The number of likely N-dealkylation sites (tertiary alicyclic amines) is 1. The Hall–Kier alpha value is -3.59. The summed E-state index contributed by atoms with van der Waals surface area (Å²) in [6, 6.07) is 10.4. The number of halogens is 2. The molecule has 1 aromatic carbocycles. The van der Waals surface area contributed by atoms with Gasteiger partial charge in [-0.15, -0.1) is 0 Å². The van der Waals surface area contributed by atoms with E-state index in [0.29, 0.717) is 35.8 Å². The van der Waals surface area contributed by atoms with Crippen molar-refractivity contribution >= 4 is 22.7 Å². The van der Waals surface area contributed by atoms with Crippen molar-refractivity contribution in [2.45, 2.75) is 13.8 Å². The highest BCUT2D eigenvalue weighted by Crippen LogP contribution is 2.43. The molecule has 9 heteroatoms. The second kappa shape index (κ2) is 7.98. The van der Waals surface area contributed by atoms with Gasteiger partial charge in [0.15, 0.2) is 17.3 Å². The van der Waals surface area contributed by atoms with Crippen molar-refractivity contribution < 1.29 is 8.78 Å². The quantitative estimate of drug-likeness (QED) is 0.466. The summed E-state index contributed by atoms with van der Waals surface area (Å²) in [4.78, 5) is 17.7. The summed E-state index contributed by atoms with van der Waals surface area (Å²) in [7, 11) is 2.07. The number of aryl methyl sites for hydroxylation is 1. The summed E-state index contributed by atoms with van der Waals surface area (Å²) >= 11 is 0. The molecule has 0 radical (unpaired) electrons. The third-order valence-electron chi connectivity index (χ3n) is 6.93. The van der Waals surface area contributed by atoms with Crippen molar-refractivity contribution in [1.82, 2.24) is 24.4 Å². The normalized spacial score (nSPS) is 17.0. The maximum atomic E-state index is 15.3. The van der Waals surface area contributed by atoms with Gasteiger partial charge in [0.2, 0.25) is 0 Å². The smallest absolute Gasteiger partial charge is 0.165 e. The SMILES string of the molecule is CCNc1cc(-c2ccc3nc(C)n(-c4cc(F)c(N5CC6(CN(C)C6)C5)c(F)c4)c3n2)ccn1. The molecule has 180 valence electrons. The lowest BCUT2D eigenvalue weighted by Crippen LogP contribution is -2.71. The monoisotopic (exact) mass is 475 g/mol. The average Bonchev–Trinajstić information content (AvgIpc) is 3.11. The first kappa shape index (κ1) is 21.9. The molecule has 0 atom stereocenters. The molecule has 2 aliphatic rings. The van der Waals surface area contributed by atoms with Crippen LogP contribution < -0.4 is 10.2 Å². The van der Waals surface area contributed by atoms with E-state index in [0.717, 1.165) is 36.7 Å². The third-order valence-corrected chi connectivity index (χ3v) is 6.93. The molecule has 2 fully saturated rings. The van der Waals surface area contributed by atoms with Gasteiger partial charge in [-0.25, -0.2) is 23.7 Å². The molecule has 0 amide bonds. The fourth-order valence-electron chi connectivity index (χ4n) is 5.61. The molecule has 0 saturated carbocycles. The number of benzene rings is 1. The van der Waals surface area contributed by atoms with Gasteiger partial charge in [0.05, 0.1) is 11.4 Å². The fourth-order valence-corrected chi connectivity index (χ4v) is 5.61. The Labute approximate surface area is 202 Å². The number of anilines is 2. The van der Waals surface area contributed by atoms with Gasteiger partial charge in [-0.3, -0.25) is 4.57 Å². The van der Waals surface area contributed by atoms with E-state index in [1.165, 1.54) is 12.1 Å². The zero-order valence-electron chi connectivity index (χ0n) is 20.0. The molecule has 0 aliphatic carbocycles. The molecule has 6 rings (SSSR count). The standard InChI is InChI=1S/C26H27F2N7/c1-4-29-23-9-17(7-8-30-23)21-5-6-22-25(32-21)35(16(2)31-22)18-10-19(27)24(20(28)11-18)34-14-26(15-34)12-33(3)13-26/h5-11H,4,12-15H2,1-3H3,(H,29,30). The Kier molecular flexibility index (Phi) is 5.00. The molecule has 1 spiro atoms. The van der Waals surface area contributed by atoms with Crippen LogP contribution in [-0.2, 0) is 0 Å². The van der Waals surface area contributed by atoms with Crippen LogP contribution in [0.4, 0.5) is 20.3 Å². The van der Waals surface area contributed by atoms with Crippen molar-refractivity contribution in [2.24, 2.45) is 5.41 Å². The minimum absolute atomic E-state index is 0.0531. The largest absolute Gasteiger partial charge is 0.370 e. The Bertz CT molecular complexity index is 1410. The van der Waals surface area contributed by atoms with Gasteiger partial charge in [0.25, 0.3) is 0 Å². The van der Waals surface area contributed by atoms with Crippen molar-refractivity contribution in [1.29, 1.82) is 0 Å². The zero-order valence-corrected chi connectivity index (χ0v) is 20.0. The van der Waals surface area contributed by atoms with E-state index in [9.17, 15) is 0 Å². The topological polar surface area (TPSA) is 62.1 Å². The third kappa shape index (κ3) is 3.61. The second-order valence-corrected chi connectivity index (χ2v) is 9.78. The van der Waals surface area contributed by atoms with Crippen LogP contribution in [0.1, 0.15) is 12.7 Å². The Morgan fingerprint density at radius 3 is 2.43 bits per heavy atom. The summed E-state index contributed by atoms with van der Waals surface area (Å²) in [5, 5.41) is 3.20. The van der Waals surface area contributed by atoms with E-state index in [4.69, 9.17) is 4.98 Å². The number of hydrogen-bond acceptors (Lipinski definition) is 6. The van der Waals surface area contributed by atoms with Gasteiger partial charge in [-0.2, -0.15) is 0 Å². The van der Waals surface area contributed by atoms with Gasteiger partial charge in [0, 0.05) is 62.0 Å². The van der Waals surface area contributed by atoms with Crippen LogP contribution in [0.2, 0.25) is 0 Å².